The SMILES string of the molecule is Nc1cccc(S(=O)(=O)Nc2cncnc2)c1. The molecule has 0 bridgehead atoms. The Morgan fingerprint density at radius 2 is 1.88 bits per heavy atom. The quantitative estimate of drug-likeness (QED) is 0.787. The summed E-state index contributed by atoms with van der Waals surface area (Å²) in [5, 5.41) is 0. The Morgan fingerprint density at radius 1 is 1.18 bits per heavy atom. The van der Waals surface area contributed by atoms with Crippen molar-refractivity contribution in [2.75, 3.05) is 10.5 Å². The second kappa shape index (κ2) is 4.38. The van der Waals surface area contributed by atoms with Crippen molar-refractivity contribution in [3.63, 3.8) is 0 Å². The van der Waals surface area contributed by atoms with E-state index in [9.17, 15) is 8.42 Å². The van der Waals surface area contributed by atoms with E-state index in [2.05, 4.69) is 14.7 Å². The first-order valence-corrected chi connectivity index (χ1v) is 6.19. The normalized spacial score (nSPS) is 11.1. The van der Waals surface area contributed by atoms with Crippen LogP contribution in [0, 0.1) is 0 Å². The lowest BCUT2D eigenvalue weighted by Crippen LogP contribution is -2.13. The van der Waals surface area contributed by atoms with Crippen molar-refractivity contribution in [2.45, 2.75) is 4.90 Å². The van der Waals surface area contributed by atoms with E-state index >= 15 is 0 Å². The van der Waals surface area contributed by atoms with E-state index in [-0.39, 0.29) is 4.90 Å². The van der Waals surface area contributed by atoms with Gasteiger partial charge in [0.1, 0.15) is 6.33 Å². The third-order valence-electron chi connectivity index (χ3n) is 1.98. The second-order valence-corrected chi connectivity index (χ2v) is 4.99. The zero-order valence-electron chi connectivity index (χ0n) is 8.74. The molecular formula is C10H10N4O2S. The maximum Gasteiger partial charge on any atom is 0.262 e. The fraction of sp³-hybridized carbons (Fsp3) is 0. The highest BCUT2D eigenvalue weighted by Crippen LogP contribution is 2.16. The van der Waals surface area contributed by atoms with E-state index in [1.54, 1.807) is 12.1 Å². The van der Waals surface area contributed by atoms with Gasteiger partial charge in [0.25, 0.3) is 10.0 Å². The highest BCUT2D eigenvalue weighted by molar-refractivity contribution is 7.92. The van der Waals surface area contributed by atoms with Gasteiger partial charge in [-0.05, 0) is 18.2 Å². The van der Waals surface area contributed by atoms with Gasteiger partial charge in [-0.1, -0.05) is 6.07 Å². The number of sulfonamides is 1. The van der Waals surface area contributed by atoms with Crippen molar-refractivity contribution in [1.29, 1.82) is 0 Å². The van der Waals surface area contributed by atoms with Gasteiger partial charge < -0.3 is 5.73 Å². The third kappa shape index (κ3) is 2.70. The molecule has 0 amide bonds. The lowest BCUT2D eigenvalue weighted by atomic mass is 10.3. The second-order valence-electron chi connectivity index (χ2n) is 3.31. The molecule has 0 aliphatic heterocycles. The summed E-state index contributed by atoms with van der Waals surface area (Å²) >= 11 is 0. The molecule has 0 radical (unpaired) electrons. The number of nitrogens with one attached hydrogen (secondary N) is 1. The zero-order valence-corrected chi connectivity index (χ0v) is 9.55. The number of hydrogen-bond acceptors (Lipinski definition) is 5. The molecule has 0 unspecified atom stereocenters. The van der Waals surface area contributed by atoms with Crippen LogP contribution in [0.5, 0.6) is 0 Å². The smallest absolute Gasteiger partial charge is 0.262 e. The molecule has 1 aromatic carbocycles. The van der Waals surface area contributed by atoms with Gasteiger partial charge in [0.2, 0.25) is 0 Å². The van der Waals surface area contributed by atoms with Gasteiger partial charge in [-0.15, -0.1) is 0 Å². The summed E-state index contributed by atoms with van der Waals surface area (Å²) in [5.41, 5.74) is 6.22. The van der Waals surface area contributed by atoms with E-state index in [0.29, 0.717) is 11.4 Å². The van der Waals surface area contributed by atoms with Crippen LogP contribution in [0.4, 0.5) is 11.4 Å². The zero-order chi connectivity index (χ0) is 12.3. The first kappa shape index (κ1) is 11.3. The summed E-state index contributed by atoms with van der Waals surface area (Å²) in [6.07, 6.45) is 4.06. The molecule has 3 N–H and O–H groups in total. The van der Waals surface area contributed by atoms with Crippen LogP contribution in [0.3, 0.4) is 0 Å². The van der Waals surface area contributed by atoms with Crippen molar-refractivity contribution in [2.24, 2.45) is 0 Å². The standard InChI is InChI=1S/C10H10N4O2S/c11-8-2-1-3-10(4-8)17(15,16)14-9-5-12-7-13-6-9/h1-7,14H,11H2. The van der Waals surface area contributed by atoms with Crippen LogP contribution in [0.25, 0.3) is 0 Å². The molecule has 88 valence electrons. The molecule has 2 aromatic rings. The molecule has 0 aliphatic carbocycles. The lowest BCUT2D eigenvalue weighted by molar-refractivity contribution is 0.601. The molecule has 6 nitrogen and oxygen atoms in total. The minimum absolute atomic E-state index is 0.0985. The maximum absolute atomic E-state index is 11.9. The molecule has 7 heteroatoms. The number of nitrogens with zero attached hydrogens (tertiary/aromatic N) is 2. The number of anilines is 2. The lowest BCUT2D eigenvalue weighted by Gasteiger charge is -2.07. The predicted octanol–water partition coefficient (Wildman–Crippen LogP) is 0.860. The molecule has 0 aliphatic rings. The van der Waals surface area contributed by atoms with Crippen LogP contribution in [-0.4, -0.2) is 18.4 Å². The number of nitrogen functional groups attached to an aromatic ring is 1. The van der Waals surface area contributed by atoms with Gasteiger partial charge in [-0.25, -0.2) is 18.4 Å². The van der Waals surface area contributed by atoms with Crippen molar-refractivity contribution < 1.29 is 8.42 Å². The van der Waals surface area contributed by atoms with E-state index in [1.807, 2.05) is 0 Å². The minimum Gasteiger partial charge on any atom is -0.399 e. The first-order valence-electron chi connectivity index (χ1n) is 4.71. The van der Waals surface area contributed by atoms with Crippen molar-refractivity contribution in [3.05, 3.63) is 43.0 Å². The number of hydrogen-bond donors (Lipinski definition) is 2. The average molecular weight is 250 g/mol. The fourth-order valence-electron chi connectivity index (χ4n) is 1.25. The Balaban J connectivity index is 2.32. The summed E-state index contributed by atoms with van der Waals surface area (Å²) in [7, 11) is -3.65. The summed E-state index contributed by atoms with van der Waals surface area (Å²) in [5.74, 6) is 0. The Bertz CT molecular complexity index is 613. The largest absolute Gasteiger partial charge is 0.399 e. The molecule has 2 rings (SSSR count). The highest BCUT2D eigenvalue weighted by Gasteiger charge is 2.14. The van der Waals surface area contributed by atoms with E-state index < -0.39 is 10.0 Å². The van der Waals surface area contributed by atoms with Crippen LogP contribution in [0.1, 0.15) is 0 Å². The molecule has 1 aromatic heterocycles. The number of rotatable bonds is 3. The highest BCUT2D eigenvalue weighted by atomic mass is 32.2. The van der Waals surface area contributed by atoms with Gasteiger partial charge in [0.15, 0.2) is 0 Å². The van der Waals surface area contributed by atoms with Crippen LogP contribution < -0.4 is 10.5 Å². The van der Waals surface area contributed by atoms with E-state index in [1.165, 1.54) is 30.9 Å². The van der Waals surface area contributed by atoms with Gasteiger partial charge in [-0.3, -0.25) is 4.72 Å². The maximum atomic E-state index is 11.9. The fourth-order valence-corrected chi connectivity index (χ4v) is 2.33. The minimum atomic E-state index is -3.65. The Labute approximate surface area is 98.6 Å². The molecular weight excluding hydrogens is 240 g/mol. The molecule has 0 saturated heterocycles. The van der Waals surface area contributed by atoms with Crippen LogP contribution in [-0.2, 0) is 10.0 Å². The number of benzene rings is 1. The van der Waals surface area contributed by atoms with E-state index in [4.69, 9.17) is 5.73 Å². The van der Waals surface area contributed by atoms with Crippen LogP contribution in [0.2, 0.25) is 0 Å². The molecule has 17 heavy (non-hydrogen) atoms. The summed E-state index contributed by atoms with van der Waals surface area (Å²) in [6, 6.07) is 6.03. The molecule has 0 fully saturated rings. The topological polar surface area (TPSA) is 98.0 Å². The molecule has 0 atom stereocenters. The first-order chi connectivity index (χ1) is 8.08. The summed E-state index contributed by atoms with van der Waals surface area (Å²) in [4.78, 5) is 7.53. The summed E-state index contributed by atoms with van der Waals surface area (Å²) < 4.78 is 26.2. The van der Waals surface area contributed by atoms with Crippen molar-refractivity contribution in [1.82, 2.24) is 9.97 Å². The number of nitrogens with two attached hydrogens (primary N) is 1. The third-order valence-corrected chi connectivity index (χ3v) is 3.36. The van der Waals surface area contributed by atoms with E-state index in [0.717, 1.165) is 0 Å². The Morgan fingerprint density at radius 3 is 2.53 bits per heavy atom. The van der Waals surface area contributed by atoms with Gasteiger partial charge in [-0.2, -0.15) is 0 Å². The Kier molecular flexibility index (Phi) is 2.92. The molecule has 0 spiro atoms. The average Bonchev–Trinajstić information content (AvgIpc) is 2.30. The predicted molar refractivity (Wildman–Crippen MR) is 63.7 cm³/mol. The molecule has 1 heterocycles. The van der Waals surface area contributed by atoms with Crippen molar-refractivity contribution in [3.8, 4) is 0 Å². The Hall–Kier alpha value is -2.15. The monoisotopic (exact) mass is 250 g/mol. The van der Waals surface area contributed by atoms with Crippen LogP contribution in [0.15, 0.2) is 47.9 Å². The van der Waals surface area contributed by atoms with Gasteiger partial charge >= 0.3 is 0 Å². The molecule has 0 saturated carbocycles. The van der Waals surface area contributed by atoms with Crippen molar-refractivity contribution >= 4 is 21.4 Å². The van der Waals surface area contributed by atoms with Gasteiger partial charge in [0.05, 0.1) is 23.0 Å². The summed E-state index contributed by atoms with van der Waals surface area (Å²) in [6.45, 7) is 0. The number of aromatic nitrogens is 2. The van der Waals surface area contributed by atoms with Gasteiger partial charge in [0, 0.05) is 5.69 Å². The van der Waals surface area contributed by atoms with Crippen LogP contribution >= 0.6 is 0 Å².